The molecule has 0 bridgehead atoms. The van der Waals surface area contributed by atoms with Gasteiger partial charge in [-0.2, -0.15) is 5.10 Å². The van der Waals surface area contributed by atoms with Gasteiger partial charge in [-0.05, 0) is 41.4 Å². The summed E-state index contributed by atoms with van der Waals surface area (Å²) in [6, 6.07) is 6.32. The zero-order chi connectivity index (χ0) is 12.5. The predicted molar refractivity (Wildman–Crippen MR) is 72.4 cm³/mol. The van der Waals surface area contributed by atoms with Crippen LogP contribution in [0.4, 0.5) is 0 Å². The Morgan fingerprint density at radius 1 is 1.44 bits per heavy atom. The highest BCUT2D eigenvalue weighted by Gasteiger charge is 2.20. The lowest BCUT2D eigenvalue weighted by molar-refractivity contribution is 0.184. The SMILES string of the molecule is Cc1cccc(-c2nn([C@@H]3CCOC3)cc2Br)n1. The van der Waals surface area contributed by atoms with Crippen molar-refractivity contribution in [2.24, 2.45) is 0 Å². The summed E-state index contributed by atoms with van der Waals surface area (Å²) in [6.45, 7) is 3.55. The van der Waals surface area contributed by atoms with Crippen LogP contribution in [0, 0.1) is 6.92 Å². The fourth-order valence-electron chi connectivity index (χ4n) is 2.14. The third-order valence-electron chi connectivity index (χ3n) is 3.10. The van der Waals surface area contributed by atoms with Crippen molar-refractivity contribution in [3.05, 3.63) is 34.6 Å². The Balaban J connectivity index is 1.97. The van der Waals surface area contributed by atoms with E-state index in [-0.39, 0.29) is 0 Å². The molecule has 3 heterocycles. The van der Waals surface area contributed by atoms with Gasteiger partial charge < -0.3 is 4.74 Å². The Labute approximate surface area is 114 Å². The molecule has 1 saturated heterocycles. The van der Waals surface area contributed by atoms with Crippen LogP contribution in [0.5, 0.6) is 0 Å². The van der Waals surface area contributed by atoms with Crippen molar-refractivity contribution in [2.75, 3.05) is 13.2 Å². The highest BCUT2D eigenvalue weighted by Crippen LogP contribution is 2.28. The minimum Gasteiger partial charge on any atom is -0.379 e. The second-order valence-electron chi connectivity index (χ2n) is 4.49. The van der Waals surface area contributed by atoms with Crippen LogP contribution in [0.3, 0.4) is 0 Å². The average molecular weight is 308 g/mol. The van der Waals surface area contributed by atoms with E-state index in [0.29, 0.717) is 6.04 Å². The van der Waals surface area contributed by atoms with E-state index >= 15 is 0 Å². The number of rotatable bonds is 2. The molecule has 2 aromatic heterocycles. The number of aryl methyl sites for hydroxylation is 1. The van der Waals surface area contributed by atoms with Crippen LogP contribution < -0.4 is 0 Å². The molecule has 1 aliphatic rings. The van der Waals surface area contributed by atoms with Crippen molar-refractivity contribution < 1.29 is 4.74 Å². The van der Waals surface area contributed by atoms with Gasteiger partial charge in [0.2, 0.25) is 0 Å². The maximum atomic E-state index is 5.39. The molecule has 1 aliphatic heterocycles. The molecule has 0 spiro atoms. The first-order chi connectivity index (χ1) is 8.74. The standard InChI is InChI=1S/C13H14BrN3O/c1-9-3-2-4-12(15-9)13-11(14)7-17(16-13)10-5-6-18-8-10/h2-4,7,10H,5-6,8H2,1H3/t10-/m1/s1. The van der Waals surface area contributed by atoms with E-state index in [1.54, 1.807) is 0 Å². The van der Waals surface area contributed by atoms with Crippen LogP contribution in [0.15, 0.2) is 28.9 Å². The first kappa shape index (κ1) is 11.9. The topological polar surface area (TPSA) is 39.9 Å². The maximum absolute atomic E-state index is 5.39. The molecule has 0 unspecified atom stereocenters. The van der Waals surface area contributed by atoms with Gasteiger partial charge in [0.15, 0.2) is 0 Å². The molecule has 18 heavy (non-hydrogen) atoms. The molecule has 94 valence electrons. The Kier molecular flexibility index (Phi) is 3.18. The molecule has 0 N–H and O–H groups in total. The molecule has 0 aliphatic carbocycles. The van der Waals surface area contributed by atoms with Gasteiger partial charge in [-0.25, -0.2) is 0 Å². The highest BCUT2D eigenvalue weighted by molar-refractivity contribution is 9.10. The summed E-state index contributed by atoms with van der Waals surface area (Å²) in [6.07, 6.45) is 3.04. The van der Waals surface area contributed by atoms with Crippen molar-refractivity contribution in [1.82, 2.24) is 14.8 Å². The molecule has 1 atom stereocenters. The van der Waals surface area contributed by atoms with E-state index in [4.69, 9.17) is 4.74 Å². The summed E-state index contributed by atoms with van der Waals surface area (Å²) in [4.78, 5) is 4.51. The van der Waals surface area contributed by atoms with Gasteiger partial charge in [-0.3, -0.25) is 9.67 Å². The molecule has 3 rings (SSSR count). The zero-order valence-electron chi connectivity index (χ0n) is 10.1. The summed E-state index contributed by atoms with van der Waals surface area (Å²) >= 11 is 3.56. The summed E-state index contributed by atoms with van der Waals surface area (Å²) in [5.74, 6) is 0. The quantitative estimate of drug-likeness (QED) is 0.856. The molecule has 5 heteroatoms. The van der Waals surface area contributed by atoms with Crippen LogP contribution >= 0.6 is 15.9 Å². The average Bonchev–Trinajstić information content (AvgIpc) is 2.97. The lowest BCUT2D eigenvalue weighted by atomic mass is 10.2. The van der Waals surface area contributed by atoms with Crippen molar-refractivity contribution in [3.8, 4) is 11.4 Å². The number of pyridine rings is 1. The molecule has 0 aromatic carbocycles. The smallest absolute Gasteiger partial charge is 0.125 e. The first-order valence-electron chi connectivity index (χ1n) is 6.00. The van der Waals surface area contributed by atoms with Gasteiger partial charge in [-0.15, -0.1) is 0 Å². The van der Waals surface area contributed by atoms with E-state index in [0.717, 1.165) is 41.2 Å². The fourth-order valence-corrected chi connectivity index (χ4v) is 2.63. The Bertz CT molecular complexity index is 561. The summed E-state index contributed by atoms with van der Waals surface area (Å²) in [5, 5.41) is 4.63. The van der Waals surface area contributed by atoms with Crippen LogP contribution in [0.25, 0.3) is 11.4 Å². The number of ether oxygens (including phenoxy) is 1. The molecule has 4 nitrogen and oxygen atoms in total. The third kappa shape index (κ3) is 2.20. The maximum Gasteiger partial charge on any atom is 0.125 e. The van der Waals surface area contributed by atoms with E-state index in [1.165, 1.54) is 0 Å². The largest absolute Gasteiger partial charge is 0.379 e. The van der Waals surface area contributed by atoms with Crippen molar-refractivity contribution >= 4 is 15.9 Å². The van der Waals surface area contributed by atoms with Gasteiger partial charge in [0, 0.05) is 18.5 Å². The van der Waals surface area contributed by atoms with E-state index in [9.17, 15) is 0 Å². The van der Waals surface area contributed by atoms with Crippen LogP contribution in [0.2, 0.25) is 0 Å². The molecule has 0 amide bonds. The molecular formula is C13H14BrN3O. The molecule has 0 radical (unpaired) electrons. The molecule has 0 saturated carbocycles. The van der Waals surface area contributed by atoms with Crippen LogP contribution in [-0.4, -0.2) is 28.0 Å². The summed E-state index contributed by atoms with van der Waals surface area (Å²) in [7, 11) is 0. The summed E-state index contributed by atoms with van der Waals surface area (Å²) < 4.78 is 8.36. The minimum atomic E-state index is 0.347. The number of hydrogen-bond donors (Lipinski definition) is 0. The monoisotopic (exact) mass is 307 g/mol. The second-order valence-corrected chi connectivity index (χ2v) is 5.34. The van der Waals surface area contributed by atoms with Gasteiger partial charge in [0.25, 0.3) is 0 Å². The van der Waals surface area contributed by atoms with Crippen molar-refractivity contribution in [2.45, 2.75) is 19.4 Å². The van der Waals surface area contributed by atoms with Gasteiger partial charge in [0.1, 0.15) is 5.69 Å². The minimum absolute atomic E-state index is 0.347. The van der Waals surface area contributed by atoms with Gasteiger partial charge in [-0.1, -0.05) is 6.07 Å². The third-order valence-corrected chi connectivity index (χ3v) is 3.68. The zero-order valence-corrected chi connectivity index (χ0v) is 11.7. The van der Waals surface area contributed by atoms with E-state index in [1.807, 2.05) is 36.0 Å². The summed E-state index contributed by atoms with van der Waals surface area (Å²) in [5.41, 5.74) is 2.79. The molecule has 1 fully saturated rings. The van der Waals surface area contributed by atoms with Gasteiger partial charge in [0.05, 0.1) is 22.8 Å². The Hall–Kier alpha value is -1.20. The normalized spacial score (nSPS) is 19.3. The molecule has 2 aromatic rings. The Morgan fingerprint density at radius 3 is 3.06 bits per heavy atom. The van der Waals surface area contributed by atoms with Crippen LogP contribution in [-0.2, 0) is 4.74 Å². The number of hydrogen-bond acceptors (Lipinski definition) is 3. The lowest BCUT2D eigenvalue weighted by Crippen LogP contribution is -2.09. The van der Waals surface area contributed by atoms with E-state index in [2.05, 4.69) is 26.0 Å². The van der Waals surface area contributed by atoms with Crippen molar-refractivity contribution in [1.29, 1.82) is 0 Å². The number of nitrogens with zero attached hydrogens (tertiary/aromatic N) is 3. The Morgan fingerprint density at radius 2 is 2.33 bits per heavy atom. The lowest BCUT2D eigenvalue weighted by Gasteiger charge is -2.06. The van der Waals surface area contributed by atoms with Gasteiger partial charge >= 0.3 is 0 Å². The van der Waals surface area contributed by atoms with E-state index < -0.39 is 0 Å². The number of aromatic nitrogens is 3. The van der Waals surface area contributed by atoms with Crippen molar-refractivity contribution in [3.63, 3.8) is 0 Å². The number of halogens is 1. The predicted octanol–water partition coefficient (Wildman–Crippen LogP) is 2.98. The van der Waals surface area contributed by atoms with Crippen LogP contribution in [0.1, 0.15) is 18.2 Å². The first-order valence-corrected chi connectivity index (χ1v) is 6.80. The second kappa shape index (κ2) is 4.82. The highest BCUT2D eigenvalue weighted by atomic mass is 79.9. The fraction of sp³-hybridized carbons (Fsp3) is 0.385. The molecular weight excluding hydrogens is 294 g/mol.